The molecule has 0 radical (unpaired) electrons. The molecular weight excluding hydrogens is 950 g/mol. The molecule has 1 unspecified atom stereocenters. The predicted octanol–water partition coefficient (Wildman–Crippen LogP) is 21.2. The lowest BCUT2D eigenvalue weighted by Gasteiger charge is -2.28. The van der Waals surface area contributed by atoms with Crippen LogP contribution in [-0.4, -0.2) is 70.7 Å². The summed E-state index contributed by atoms with van der Waals surface area (Å²) in [5, 5.41) is 0. The van der Waals surface area contributed by atoms with Crippen LogP contribution in [0.3, 0.4) is 0 Å². The van der Waals surface area contributed by atoms with Crippen molar-refractivity contribution in [3.05, 3.63) is 0 Å². The molecule has 0 saturated heterocycles. The fourth-order valence-electron chi connectivity index (χ4n) is 10.5. The second-order valence-corrected chi connectivity index (χ2v) is 26.0. The molecule has 0 aromatic heterocycles. The number of carbonyl (C=O) groups excluding carboxylic acids is 1. The summed E-state index contributed by atoms with van der Waals surface area (Å²) >= 11 is 0. The highest BCUT2D eigenvalue weighted by molar-refractivity contribution is 7.45. The number of carbonyl (C=O) groups is 1. The zero-order valence-corrected chi connectivity index (χ0v) is 52.4. The summed E-state index contributed by atoms with van der Waals surface area (Å²) in [4.78, 5) is 25.3. The SMILES string of the molecule is CCCCCCCCCCCCCCCCCCCCCCCCCCCCCCCCCCCC(=O)O[C@H](COCCCCCCCCCCCCCCCCCCCCCC)COP(=O)([O-])OCC[N+](C)(C)C. The van der Waals surface area contributed by atoms with Gasteiger partial charge in [0.15, 0.2) is 0 Å². The standard InChI is InChI=1S/C66H134NO7P/c1-6-8-10-12-14-16-18-20-22-24-26-28-29-30-31-32-33-34-35-36-37-38-39-40-41-43-45-47-49-51-53-55-57-59-66(68)74-65(64-73-75(69,70)72-62-60-67(3,4)5)63-71-61-58-56-54-52-50-48-46-44-42-27-25-23-21-19-17-15-13-11-9-7-2/h65H,6-64H2,1-5H3/t65-/m1/s1. The van der Waals surface area contributed by atoms with E-state index in [-0.39, 0.29) is 25.8 Å². The van der Waals surface area contributed by atoms with Crippen molar-refractivity contribution in [3.8, 4) is 0 Å². The Hall–Kier alpha value is -0.500. The molecule has 0 bridgehead atoms. The molecule has 8 nitrogen and oxygen atoms in total. The van der Waals surface area contributed by atoms with Crippen LogP contribution in [0.1, 0.15) is 361 Å². The van der Waals surface area contributed by atoms with E-state index in [2.05, 4.69) is 13.8 Å². The lowest BCUT2D eigenvalue weighted by atomic mass is 10.0. The maximum absolute atomic E-state index is 12.8. The smallest absolute Gasteiger partial charge is 0.306 e. The monoisotopic (exact) mass is 1080 g/mol. The summed E-state index contributed by atoms with van der Waals surface area (Å²) in [7, 11) is 1.39. The predicted molar refractivity (Wildman–Crippen MR) is 324 cm³/mol. The van der Waals surface area contributed by atoms with Gasteiger partial charge in [0.2, 0.25) is 0 Å². The number of hydrogen-bond donors (Lipinski definition) is 0. The normalized spacial score (nSPS) is 13.2. The lowest BCUT2D eigenvalue weighted by Crippen LogP contribution is -2.37. The van der Waals surface area contributed by atoms with Crippen molar-refractivity contribution in [1.29, 1.82) is 0 Å². The largest absolute Gasteiger partial charge is 0.756 e. The van der Waals surface area contributed by atoms with Gasteiger partial charge in [0.05, 0.1) is 34.4 Å². The molecule has 0 rings (SSSR count). The number of likely N-dealkylation sites (N-methyl/N-ethyl adjacent to an activating group) is 1. The van der Waals surface area contributed by atoms with Crippen molar-refractivity contribution in [2.24, 2.45) is 0 Å². The highest BCUT2D eigenvalue weighted by Gasteiger charge is 2.20. The third kappa shape index (κ3) is 64.2. The first-order chi connectivity index (χ1) is 36.6. The molecule has 0 aliphatic heterocycles. The zero-order chi connectivity index (χ0) is 54.7. The van der Waals surface area contributed by atoms with E-state index in [1.165, 1.54) is 308 Å². The van der Waals surface area contributed by atoms with Gasteiger partial charge in [-0.15, -0.1) is 0 Å². The summed E-state index contributed by atoms with van der Waals surface area (Å²) in [5.74, 6) is -0.321. The number of nitrogens with zero attached hydrogens (tertiary/aromatic N) is 1. The van der Waals surface area contributed by atoms with E-state index in [1.54, 1.807) is 0 Å². The summed E-state index contributed by atoms with van der Waals surface area (Å²) in [6.07, 6.45) is 71.9. The molecule has 0 aliphatic rings. The maximum atomic E-state index is 12.8. The molecule has 0 saturated carbocycles. The molecule has 9 heteroatoms. The Morgan fingerprint density at radius 2 is 0.613 bits per heavy atom. The van der Waals surface area contributed by atoms with Crippen molar-refractivity contribution in [3.63, 3.8) is 0 Å². The molecule has 0 N–H and O–H groups in total. The first-order valence-electron chi connectivity index (χ1n) is 33.8. The van der Waals surface area contributed by atoms with Gasteiger partial charge in [-0.25, -0.2) is 0 Å². The molecule has 0 fully saturated rings. The van der Waals surface area contributed by atoms with Crippen molar-refractivity contribution >= 4 is 13.8 Å². The van der Waals surface area contributed by atoms with Crippen LogP contribution in [-0.2, 0) is 27.9 Å². The van der Waals surface area contributed by atoms with Crippen LogP contribution in [0.2, 0.25) is 0 Å². The van der Waals surface area contributed by atoms with Gasteiger partial charge >= 0.3 is 5.97 Å². The van der Waals surface area contributed by atoms with Gasteiger partial charge in [-0.3, -0.25) is 9.36 Å². The third-order valence-corrected chi connectivity index (χ3v) is 16.6. The Morgan fingerprint density at radius 3 is 0.880 bits per heavy atom. The van der Waals surface area contributed by atoms with Gasteiger partial charge in [0.1, 0.15) is 19.3 Å². The maximum Gasteiger partial charge on any atom is 0.306 e. The number of esters is 1. The highest BCUT2D eigenvalue weighted by atomic mass is 31.2. The van der Waals surface area contributed by atoms with Gasteiger partial charge in [0, 0.05) is 13.0 Å². The van der Waals surface area contributed by atoms with E-state index in [1.807, 2.05) is 21.1 Å². The number of phosphoric acid groups is 1. The van der Waals surface area contributed by atoms with E-state index < -0.39 is 13.9 Å². The van der Waals surface area contributed by atoms with Crippen LogP contribution in [0, 0.1) is 0 Å². The molecule has 0 spiro atoms. The molecule has 0 aromatic rings. The van der Waals surface area contributed by atoms with Gasteiger partial charge in [0.25, 0.3) is 7.82 Å². The summed E-state index contributed by atoms with van der Waals surface area (Å²) in [5.41, 5.74) is 0. The van der Waals surface area contributed by atoms with Crippen LogP contribution >= 0.6 is 7.82 Å². The minimum atomic E-state index is -4.53. The molecule has 0 heterocycles. The molecule has 0 amide bonds. The Kier molecular flexibility index (Phi) is 59.2. The first kappa shape index (κ1) is 74.5. The van der Waals surface area contributed by atoms with E-state index >= 15 is 0 Å². The lowest BCUT2D eigenvalue weighted by molar-refractivity contribution is -0.870. The second kappa shape index (κ2) is 59.6. The van der Waals surface area contributed by atoms with Crippen molar-refractivity contribution in [2.45, 2.75) is 367 Å². The number of phosphoric ester groups is 1. The molecule has 0 aliphatic carbocycles. The summed E-state index contributed by atoms with van der Waals surface area (Å²) < 4.78 is 35.0. The first-order valence-corrected chi connectivity index (χ1v) is 35.2. The number of rotatable bonds is 65. The third-order valence-electron chi connectivity index (χ3n) is 15.7. The minimum absolute atomic E-state index is 0.0321. The van der Waals surface area contributed by atoms with Crippen LogP contribution in [0.25, 0.3) is 0 Å². The second-order valence-electron chi connectivity index (χ2n) is 24.6. The average molecular weight is 1080 g/mol. The Labute approximate surface area is 469 Å². The van der Waals surface area contributed by atoms with Crippen LogP contribution < -0.4 is 4.89 Å². The van der Waals surface area contributed by atoms with Gasteiger partial charge < -0.3 is 27.9 Å². The van der Waals surface area contributed by atoms with E-state index in [9.17, 15) is 14.3 Å². The van der Waals surface area contributed by atoms with Crippen LogP contribution in [0.5, 0.6) is 0 Å². The Balaban J connectivity index is 3.86. The van der Waals surface area contributed by atoms with E-state index in [0.717, 1.165) is 32.1 Å². The van der Waals surface area contributed by atoms with Crippen LogP contribution in [0.4, 0.5) is 0 Å². The Morgan fingerprint density at radius 1 is 0.360 bits per heavy atom. The number of quaternary nitrogens is 1. The van der Waals surface area contributed by atoms with Crippen molar-refractivity contribution < 1.29 is 37.3 Å². The fourth-order valence-corrected chi connectivity index (χ4v) is 11.2. The fraction of sp³-hybridized carbons (Fsp3) is 0.985. The molecule has 0 aromatic carbocycles. The Bertz CT molecular complexity index is 1170. The molecule has 75 heavy (non-hydrogen) atoms. The number of unbranched alkanes of at least 4 members (excludes halogenated alkanes) is 51. The van der Waals surface area contributed by atoms with Gasteiger partial charge in [-0.05, 0) is 12.8 Å². The van der Waals surface area contributed by atoms with Gasteiger partial charge in [-0.1, -0.05) is 341 Å². The van der Waals surface area contributed by atoms with Gasteiger partial charge in [-0.2, -0.15) is 0 Å². The summed E-state index contributed by atoms with van der Waals surface area (Å²) in [6, 6.07) is 0. The average Bonchev–Trinajstić information content (AvgIpc) is 3.38. The number of ether oxygens (including phenoxy) is 2. The number of hydrogen-bond acceptors (Lipinski definition) is 7. The highest BCUT2D eigenvalue weighted by Crippen LogP contribution is 2.38. The molecule has 450 valence electrons. The van der Waals surface area contributed by atoms with Crippen molar-refractivity contribution in [2.75, 3.05) is 54.1 Å². The van der Waals surface area contributed by atoms with Crippen molar-refractivity contribution in [1.82, 2.24) is 0 Å². The molecule has 2 atom stereocenters. The quantitative estimate of drug-likeness (QED) is 0.0259. The van der Waals surface area contributed by atoms with E-state index in [4.69, 9.17) is 18.5 Å². The zero-order valence-electron chi connectivity index (χ0n) is 51.5. The van der Waals surface area contributed by atoms with E-state index in [0.29, 0.717) is 24.1 Å². The topological polar surface area (TPSA) is 94.1 Å². The summed E-state index contributed by atoms with van der Waals surface area (Å²) in [6.45, 7) is 5.52. The minimum Gasteiger partial charge on any atom is -0.756 e. The van der Waals surface area contributed by atoms with Crippen LogP contribution in [0.15, 0.2) is 0 Å². The molecular formula is C66H134NO7P.